The number of aromatic amines is 1. The number of benzene rings is 2. The van der Waals surface area contributed by atoms with Gasteiger partial charge in [-0.1, -0.05) is 23.7 Å². The molecule has 8 heteroatoms. The summed E-state index contributed by atoms with van der Waals surface area (Å²) in [7, 11) is 3.50. The van der Waals surface area contributed by atoms with E-state index in [1.54, 1.807) is 19.0 Å². The maximum absolute atomic E-state index is 12.0. The van der Waals surface area contributed by atoms with Crippen molar-refractivity contribution in [2.24, 2.45) is 4.99 Å². The van der Waals surface area contributed by atoms with Gasteiger partial charge in [0, 0.05) is 54.9 Å². The van der Waals surface area contributed by atoms with Crippen LogP contribution >= 0.6 is 35.6 Å². The largest absolute Gasteiger partial charge is 0.361 e. The van der Waals surface area contributed by atoms with Gasteiger partial charge in [-0.25, -0.2) is 4.99 Å². The normalized spacial score (nSPS) is 11.2. The second kappa shape index (κ2) is 12.0. The van der Waals surface area contributed by atoms with Gasteiger partial charge < -0.3 is 20.5 Å². The number of amides is 1. The lowest BCUT2D eigenvalue weighted by atomic mass is 10.1. The summed E-state index contributed by atoms with van der Waals surface area (Å²) in [5.74, 6) is 0.766. The zero-order chi connectivity index (χ0) is 21.5. The number of aromatic nitrogens is 1. The highest BCUT2D eigenvalue weighted by Crippen LogP contribution is 2.22. The molecule has 166 valence electrons. The molecule has 3 rings (SSSR count). The molecule has 0 aliphatic heterocycles. The molecule has 0 saturated heterocycles. The van der Waals surface area contributed by atoms with Gasteiger partial charge in [0.25, 0.3) is 5.91 Å². The maximum Gasteiger partial charge on any atom is 0.253 e. The van der Waals surface area contributed by atoms with Crippen LogP contribution in [0.2, 0.25) is 5.02 Å². The molecule has 2 aromatic carbocycles. The van der Waals surface area contributed by atoms with Crippen LogP contribution in [0.5, 0.6) is 0 Å². The average Bonchev–Trinajstić information content (AvgIpc) is 3.14. The summed E-state index contributed by atoms with van der Waals surface area (Å²) in [4.78, 5) is 21.5. The summed E-state index contributed by atoms with van der Waals surface area (Å²) in [5.41, 5.74) is 4.04. The molecular weight excluding hydrogens is 525 g/mol. The molecule has 0 saturated carbocycles. The minimum atomic E-state index is -0.00127. The van der Waals surface area contributed by atoms with Crippen molar-refractivity contribution in [2.75, 3.05) is 27.2 Å². The van der Waals surface area contributed by atoms with Crippen LogP contribution in [-0.4, -0.2) is 48.9 Å². The molecule has 0 aliphatic rings. The lowest BCUT2D eigenvalue weighted by Gasteiger charge is -2.12. The van der Waals surface area contributed by atoms with Crippen LogP contribution < -0.4 is 10.6 Å². The molecule has 6 nitrogen and oxygen atoms in total. The molecule has 0 radical (unpaired) electrons. The molecule has 0 bridgehead atoms. The van der Waals surface area contributed by atoms with Crippen LogP contribution in [0, 0.1) is 0 Å². The minimum absolute atomic E-state index is 0. The Morgan fingerprint density at radius 3 is 2.55 bits per heavy atom. The Morgan fingerprint density at radius 2 is 1.87 bits per heavy atom. The predicted octanol–water partition coefficient (Wildman–Crippen LogP) is 4.44. The van der Waals surface area contributed by atoms with Crippen LogP contribution in [0.1, 0.15) is 28.4 Å². The number of guanidine groups is 1. The molecule has 0 unspecified atom stereocenters. The highest BCUT2D eigenvalue weighted by atomic mass is 127. The van der Waals surface area contributed by atoms with Crippen molar-refractivity contribution >= 4 is 58.3 Å². The third-order valence-corrected chi connectivity index (χ3v) is 5.02. The highest BCUT2D eigenvalue weighted by molar-refractivity contribution is 14.0. The van der Waals surface area contributed by atoms with Gasteiger partial charge in [-0.15, -0.1) is 24.0 Å². The molecule has 1 heterocycles. The van der Waals surface area contributed by atoms with E-state index in [4.69, 9.17) is 11.6 Å². The van der Waals surface area contributed by atoms with E-state index in [1.165, 1.54) is 5.56 Å². The Balaban J connectivity index is 0.00000341. The van der Waals surface area contributed by atoms with Crippen molar-refractivity contribution in [2.45, 2.75) is 19.9 Å². The number of nitrogens with one attached hydrogen (secondary N) is 3. The maximum atomic E-state index is 12.0. The molecule has 3 aromatic rings. The number of H-pyrrole nitrogens is 1. The molecule has 31 heavy (non-hydrogen) atoms. The number of halogens is 2. The first kappa shape index (κ1) is 25.0. The summed E-state index contributed by atoms with van der Waals surface area (Å²) in [5, 5.41) is 8.55. The number of fused-ring (bicyclic) bond motifs is 1. The van der Waals surface area contributed by atoms with Gasteiger partial charge in [0.05, 0.1) is 6.54 Å². The van der Waals surface area contributed by atoms with Gasteiger partial charge in [0.1, 0.15) is 0 Å². The van der Waals surface area contributed by atoms with Crippen molar-refractivity contribution in [3.63, 3.8) is 0 Å². The number of aliphatic imine (C=N–C) groups is 1. The fourth-order valence-electron chi connectivity index (χ4n) is 3.20. The zero-order valence-electron chi connectivity index (χ0n) is 18.0. The van der Waals surface area contributed by atoms with Crippen LogP contribution in [0.3, 0.4) is 0 Å². The fraction of sp³-hybridized carbons (Fsp3) is 0.304. The number of carbonyl (C=O) groups is 1. The number of hydrogen-bond acceptors (Lipinski definition) is 2. The van der Waals surface area contributed by atoms with E-state index in [2.05, 4.69) is 20.6 Å². The smallest absolute Gasteiger partial charge is 0.253 e. The Kier molecular flexibility index (Phi) is 9.64. The summed E-state index contributed by atoms with van der Waals surface area (Å²) in [6, 6.07) is 13.5. The van der Waals surface area contributed by atoms with Crippen LogP contribution in [-0.2, 0) is 13.0 Å². The Labute approximate surface area is 205 Å². The molecule has 0 atom stereocenters. The second-order valence-electron chi connectivity index (χ2n) is 7.27. The lowest BCUT2D eigenvalue weighted by molar-refractivity contribution is 0.0827. The lowest BCUT2D eigenvalue weighted by Crippen LogP contribution is -2.38. The topological polar surface area (TPSA) is 72.5 Å². The predicted molar refractivity (Wildman–Crippen MR) is 140 cm³/mol. The first-order chi connectivity index (χ1) is 14.5. The van der Waals surface area contributed by atoms with E-state index >= 15 is 0 Å². The third-order valence-electron chi connectivity index (χ3n) is 4.79. The van der Waals surface area contributed by atoms with Crippen LogP contribution in [0.15, 0.2) is 53.7 Å². The van der Waals surface area contributed by atoms with E-state index in [0.29, 0.717) is 12.1 Å². The second-order valence-corrected chi connectivity index (χ2v) is 7.71. The molecule has 0 fully saturated rings. The Morgan fingerprint density at radius 1 is 1.13 bits per heavy atom. The quantitative estimate of drug-likeness (QED) is 0.230. The summed E-state index contributed by atoms with van der Waals surface area (Å²) < 4.78 is 0. The van der Waals surface area contributed by atoms with Gasteiger partial charge in [0.15, 0.2) is 5.96 Å². The molecule has 0 aliphatic carbocycles. The molecular formula is C23H29ClIN5O. The van der Waals surface area contributed by atoms with E-state index in [1.807, 2.05) is 55.6 Å². The van der Waals surface area contributed by atoms with E-state index < -0.39 is 0 Å². The summed E-state index contributed by atoms with van der Waals surface area (Å²) in [6.07, 6.45) is 2.88. The van der Waals surface area contributed by atoms with Crippen molar-refractivity contribution in [3.05, 3.63) is 70.4 Å². The van der Waals surface area contributed by atoms with Crippen molar-refractivity contribution in [1.82, 2.24) is 20.5 Å². The monoisotopic (exact) mass is 553 g/mol. The Hall–Kier alpha value is -2.26. The van der Waals surface area contributed by atoms with Gasteiger partial charge >= 0.3 is 0 Å². The fourth-order valence-corrected chi connectivity index (χ4v) is 3.37. The average molecular weight is 554 g/mol. The van der Waals surface area contributed by atoms with E-state index in [0.717, 1.165) is 47.0 Å². The van der Waals surface area contributed by atoms with Crippen molar-refractivity contribution in [3.8, 4) is 0 Å². The number of carbonyl (C=O) groups excluding carboxylic acids is 1. The summed E-state index contributed by atoms with van der Waals surface area (Å²) in [6.45, 7) is 4.11. The summed E-state index contributed by atoms with van der Waals surface area (Å²) >= 11 is 6.14. The van der Waals surface area contributed by atoms with Crippen molar-refractivity contribution in [1.29, 1.82) is 0 Å². The third kappa shape index (κ3) is 6.87. The highest BCUT2D eigenvalue weighted by Gasteiger charge is 2.08. The van der Waals surface area contributed by atoms with E-state index in [-0.39, 0.29) is 29.9 Å². The van der Waals surface area contributed by atoms with Crippen LogP contribution in [0.25, 0.3) is 10.9 Å². The van der Waals surface area contributed by atoms with Gasteiger partial charge in [-0.05, 0) is 54.8 Å². The number of hydrogen-bond donors (Lipinski definition) is 3. The number of rotatable bonds is 7. The molecule has 3 N–H and O–H groups in total. The van der Waals surface area contributed by atoms with Gasteiger partial charge in [-0.3, -0.25) is 4.79 Å². The standard InChI is InChI=1S/C23H28ClN5O.HI/c1-4-25-23(28-14-16-5-7-17(8-6-16)22(30)29(2)3)26-12-11-18-15-27-21-10-9-19(24)13-20(18)21;/h5-10,13,15,27H,4,11-12,14H2,1-3H3,(H2,25,26,28);1H. The number of nitrogens with zero attached hydrogens (tertiary/aromatic N) is 2. The Bertz CT molecular complexity index is 1030. The van der Waals surface area contributed by atoms with Gasteiger partial charge in [-0.2, -0.15) is 0 Å². The van der Waals surface area contributed by atoms with Crippen molar-refractivity contribution < 1.29 is 4.79 Å². The molecule has 1 aromatic heterocycles. The minimum Gasteiger partial charge on any atom is -0.361 e. The first-order valence-corrected chi connectivity index (χ1v) is 10.4. The zero-order valence-corrected chi connectivity index (χ0v) is 21.1. The van der Waals surface area contributed by atoms with Crippen LogP contribution in [0.4, 0.5) is 0 Å². The van der Waals surface area contributed by atoms with Gasteiger partial charge in [0.2, 0.25) is 0 Å². The molecule has 1 amide bonds. The van der Waals surface area contributed by atoms with E-state index in [9.17, 15) is 4.79 Å². The first-order valence-electron chi connectivity index (χ1n) is 10.1. The SMILES string of the molecule is CCNC(=NCc1ccc(C(=O)N(C)C)cc1)NCCc1c[nH]c2ccc(Cl)cc12.I. The molecule has 0 spiro atoms.